The number of carboxylic acid groups (broad SMARTS) is 3. The van der Waals surface area contributed by atoms with Crippen LogP contribution in [0.5, 0.6) is 0 Å². The van der Waals surface area contributed by atoms with Crippen LogP contribution in [0.15, 0.2) is 21.9 Å². The molecule has 0 aliphatic carbocycles. The molecule has 0 aromatic carbocycles. The molecule has 1 aromatic heterocycles. The summed E-state index contributed by atoms with van der Waals surface area (Å²) in [6.07, 6.45) is -18.0. The van der Waals surface area contributed by atoms with Crippen molar-refractivity contribution in [1.29, 1.82) is 0 Å². The molecule has 2 unspecified atom stereocenters. The van der Waals surface area contributed by atoms with E-state index in [0.29, 0.717) is 4.57 Å². The number of aromatic nitrogens is 2. The average molecular weight is 1190 g/mol. The third-order valence-corrected chi connectivity index (χ3v) is 14.3. The quantitative estimate of drug-likeness (QED) is 0.0307. The lowest BCUT2D eigenvalue weighted by molar-refractivity contribution is -0.261. The maximum Gasteiger partial charge on any atom is 0.483 e. The van der Waals surface area contributed by atoms with Crippen molar-refractivity contribution in [3.05, 3.63) is 33.1 Å². The summed E-state index contributed by atoms with van der Waals surface area (Å²) in [5.41, 5.74) is 3.96. The molecule has 0 radical (unpaired) electrons. The summed E-state index contributed by atoms with van der Waals surface area (Å²) in [5.74, 6) is -10.4. The number of aromatic amines is 1. The van der Waals surface area contributed by atoms with E-state index in [9.17, 15) is 102 Å². The molecule has 6 amide bonds. The van der Waals surface area contributed by atoms with E-state index < -0.39 is 204 Å². The number of aliphatic hydroxyl groups excluding tert-OH is 4. The largest absolute Gasteiger partial charge is 0.483 e. The normalized spacial score (nSPS) is 26.0. The van der Waals surface area contributed by atoms with Crippen molar-refractivity contribution in [2.45, 2.75) is 164 Å². The van der Waals surface area contributed by atoms with Gasteiger partial charge < -0.3 is 97.4 Å². The van der Waals surface area contributed by atoms with Crippen LogP contribution >= 0.6 is 15.6 Å². The van der Waals surface area contributed by atoms with Crippen molar-refractivity contribution in [3.63, 3.8) is 0 Å². The number of nitrogens with two attached hydrogens (primary N) is 1. The number of amides is 6. The number of phosphoric acid groups is 2. The highest BCUT2D eigenvalue weighted by Gasteiger charge is 2.52. The van der Waals surface area contributed by atoms with E-state index in [1.165, 1.54) is 13.8 Å². The van der Waals surface area contributed by atoms with Crippen LogP contribution in [-0.4, -0.2) is 213 Å². The van der Waals surface area contributed by atoms with Gasteiger partial charge in [0.05, 0.1) is 19.3 Å². The zero-order chi connectivity index (χ0) is 60.7. The fourth-order valence-corrected chi connectivity index (χ4v) is 9.57. The molecule has 0 bridgehead atoms. The average Bonchev–Trinajstić information content (AvgIpc) is 3.66. The monoisotopic (exact) mass is 1190 g/mol. The van der Waals surface area contributed by atoms with Crippen LogP contribution in [0.3, 0.4) is 0 Å². The number of rotatable bonds is 31. The van der Waals surface area contributed by atoms with Crippen LogP contribution in [0, 0.1) is 0 Å². The second kappa shape index (κ2) is 30.1. The van der Waals surface area contributed by atoms with Crippen LogP contribution in [0.2, 0.25) is 0 Å². The zero-order valence-electron chi connectivity index (χ0n) is 43.0. The smallest absolute Gasteiger partial charge is 0.480 e. The first-order chi connectivity index (χ1) is 37.1. The summed E-state index contributed by atoms with van der Waals surface area (Å²) < 4.78 is 56.9. The second-order valence-electron chi connectivity index (χ2n) is 18.1. The van der Waals surface area contributed by atoms with Gasteiger partial charge in [-0.3, -0.25) is 57.0 Å². The summed E-state index contributed by atoms with van der Waals surface area (Å²) >= 11 is 0. The summed E-state index contributed by atoms with van der Waals surface area (Å²) in [6.45, 7) is 3.20. The minimum Gasteiger partial charge on any atom is -0.480 e. The number of H-pyrrole nitrogens is 1. The number of carboxylic acids is 3. The lowest BCUT2D eigenvalue weighted by Crippen LogP contribution is -2.66. The molecule has 18 atom stereocenters. The molecular weight excluding hydrogens is 1130 g/mol. The molecule has 2 aliphatic heterocycles. The molecule has 18 N–H and O–H groups in total. The SMILES string of the molecule is CC(=O)N[C@H]1[C@@H](OP(=O)(O)OP(=O)(O)OC[C@H]2O[C@@H](n3ccc(=O)[nH]c3=O)[C@H](O)[C@@H]2O)O[C@H](CO)[C@@H](O)[C@@H]1O[C@H](C)C(=O)N[C@@H](C)C(=O)N[C@H](CCC(=O)N[C@@H](CCC[C@@H](N)C(=O)N[C@H](C)C(=O)N[C@H](C)C(=O)O)C(=O)O)C(=O)O. The number of ether oxygens (including phenoxy) is 3. The lowest BCUT2D eigenvalue weighted by atomic mass is 9.96. The van der Waals surface area contributed by atoms with Gasteiger partial charge in [-0.15, -0.1) is 0 Å². The number of hydrogen-bond donors (Lipinski definition) is 17. The Morgan fingerprint density at radius 2 is 1.31 bits per heavy atom. The van der Waals surface area contributed by atoms with Gasteiger partial charge in [0.2, 0.25) is 35.4 Å². The van der Waals surface area contributed by atoms with Crippen LogP contribution in [0.4, 0.5) is 0 Å². The number of aliphatic hydroxyl groups is 4. The molecule has 37 nitrogen and oxygen atoms in total. The Morgan fingerprint density at radius 3 is 1.88 bits per heavy atom. The Hall–Kier alpha value is -6.15. The Kier molecular flexibility index (Phi) is 25.6. The van der Waals surface area contributed by atoms with Crippen molar-refractivity contribution < 1.29 is 125 Å². The van der Waals surface area contributed by atoms with Gasteiger partial charge in [0.1, 0.15) is 79.0 Å². The van der Waals surface area contributed by atoms with Crippen molar-refractivity contribution in [3.8, 4) is 0 Å². The van der Waals surface area contributed by atoms with E-state index in [1.807, 2.05) is 4.98 Å². The third-order valence-electron chi connectivity index (χ3n) is 11.7. The number of hydrogen-bond acceptors (Lipinski definition) is 24. The highest BCUT2D eigenvalue weighted by atomic mass is 31.3. The zero-order valence-corrected chi connectivity index (χ0v) is 44.8. The first-order valence-corrected chi connectivity index (χ1v) is 26.9. The van der Waals surface area contributed by atoms with Gasteiger partial charge in [0.15, 0.2) is 12.5 Å². The predicted molar refractivity (Wildman–Crippen MR) is 259 cm³/mol. The van der Waals surface area contributed by atoms with Crippen molar-refractivity contribution in [1.82, 2.24) is 41.5 Å². The van der Waals surface area contributed by atoms with Gasteiger partial charge in [0.25, 0.3) is 5.56 Å². The molecular formula is C41H65N9O28P2. The number of nitrogens with one attached hydrogen (secondary N) is 7. The van der Waals surface area contributed by atoms with E-state index in [4.69, 9.17) is 29.6 Å². The highest BCUT2D eigenvalue weighted by Crippen LogP contribution is 2.61. The third kappa shape index (κ3) is 20.4. The first kappa shape index (κ1) is 68.1. The predicted octanol–water partition coefficient (Wildman–Crippen LogP) is -7.22. The number of aliphatic carboxylic acids is 3. The van der Waals surface area contributed by atoms with E-state index in [2.05, 4.69) is 40.7 Å². The van der Waals surface area contributed by atoms with Gasteiger partial charge in [-0.25, -0.2) is 23.5 Å². The molecule has 452 valence electrons. The van der Waals surface area contributed by atoms with Crippen molar-refractivity contribution in [2.75, 3.05) is 13.2 Å². The van der Waals surface area contributed by atoms with Crippen LogP contribution in [0.1, 0.15) is 73.0 Å². The van der Waals surface area contributed by atoms with Gasteiger partial charge >= 0.3 is 39.2 Å². The van der Waals surface area contributed by atoms with Gasteiger partial charge in [-0.2, -0.15) is 4.31 Å². The van der Waals surface area contributed by atoms with Gasteiger partial charge in [-0.05, 0) is 53.4 Å². The van der Waals surface area contributed by atoms with Crippen molar-refractivity contribution in [2.24, 2.45) is 5.73 Å². The topological polar surface area (TPSA) is 578 Å². The maximum atomic E-state index is 13.3. The molecule has 1 aromatic rings. The maximum absolute atomic E-state index is 13.3. The number of phosphoric ester groups is 2. The minimum atomic E-state index is -5.96. The van der Waals surface area contributed by atoms with E-state index in [1.54, 1.807) is 0 Å². The fourth-order valence-electron chi connectivity index (χ4n) is 7.41. The standard InChI is InChI=1S/C41H65N9O28P2/c1-15(32(58)45-17(3)37(62)63)44-35(61)20(42)7-6-8-21(38(64)65)47-25(53)10-9-22(39(66)67)48-33(59)16(2)43-34(60)18(4)74-31-27(46-19(5)52)40(76-23(13-51)29(31)56)77-80(71,72)78-79(69,70)73-14-24-28(55)30(57)36(75-24)50-12-11-26(54)49-41(50)68/h11-12,15-18,20-24,27-31,36,40,51,55-57H,6-10,13-14,42H2,1-5H3,(H,43,60)(H,44,61)(H,45,58)(H,46,52)(H,47,53)(H,48,59)(H,62,63)(H,64,65)(H,66,67)(H,69,70)(H,71,72)(H,49,54,68)/t15-,16+,17-,18-,20-,21+,22-,23-,24-,27-,28-,29-,30-,31-,36-,40-/m1/s1. The Balaban J connectivity index is 1.58. The van der Waals surface area contributed by atoms with Crippen LogP contribution in [-0.2, 0) is 79.8 Å². The summed E-state index contributed by atoms with van der Waals surface area (Å²) in [7, 11) is -11.7. The number of carbonyl (C=O) groups excluding carboxylic acids is 6. The molecule has 80 heavy (non-hydrogen) atoms. The Morgan fingerprint density at radius 1 is 0.738 bits per heavy atom. The van der Waals surface area contributed by atoms with Gasteiger partial charge in [-0.1, -0.05) is 0 Å². The summed E-state index contributed by atoms with van der Waals surface area (Å²) in [4.78, 5) is 158. The Bertz CT molecular complexity index is 2630. The molecule has 2 saturated heterocycles. The highest BCUT2D eigenvalue weighted by molar-refractivity contribution is 7.61. The van der Waals surface area contributed by atoms with Gasteiger partial charge in [0, 0.05) is 25.6 Å². The van der Waals surface area contributed by atoms with Crippen LogP contribution in [0.25, 0.3) is 0 Å². The summed E-state index contributed by atoms with van der Waals surface area (Å²) in [5, 5.41) is 83.4. The minimum absolute atomic E-state index is 0.0544. The first-order valence-electron chi connectivity index (χ1n) is 23.9. The Labute approximate surface area is 451 Å². The molecule has 39 heteroatoms. The van der Waals surface area contributed by atoms with E-state index in [0.717, 1.165) is 33.0 Å². The molecule has 2 aliphatic rings. The number of nitrogens with zero attached hydrogens (tertiary/aromatic N) is 1. The van der Waals surface area contributed by atoms with E-state index >= 15 is 0 Å². The lowest BCUT2D eigenvalue weighted by Gasteiger charge is -2.44. The van der Waals surface area contributed by atoms with E-state index in [-0.39, 0.29) is 19.3 Å². The summed E-state index contributed by atoms with van der Waals surface area (Å²) in [6, 6.07) is -9.71. The molecule has 2 fully saturated rings. The van der Waals surface area contributed by atoms with Crippen molar-refractivity contribution >= 4 is 69.0 Å². The fraction of sp³-hybridized carbons (Fsp3) is 0.683. The molecule has 0 spiro atoms. The molecule has 3 heterocycles. The number of carbonyl (C=O) groups is 9. The second-order valence-corrected chi connectivity index (χ2v) is 21.1. The molecule has 3 rings (SSSR count). The van der Waals surface area contributed by atoms with Crippen LogP contribution < -0.4 is 48.9 Å². The molecule has 0 saturated carbocycles.